The number of carbonyl (C=O) groups excluding carboxylic acids is 1. The molecule has 0 unspecified atom stereocenters. The van der Waals surface area contributed by atoms with Crippen molar-refractivity contribution in [3.05, 3.63) is 58.4 Å². The van der Waals surface area contributed by atoms with E-state index in [-0.39, 0.29) is 10.7 Å². The number of benzene rings is 2. The summed E-state index contributed by atoms with van der Waals surface area (Å²) in [6.45, 7) is 0. The zero-order valence-electron chi connectivity index (χ0n) is 9.88. The smallest absolute Gasteiger partial charge is 0.260 e. The molecule has 0 saturated heterocycles. The minimum atomic E-state index is -1.33. The molecular formula is C13H8ClF3N2O. The van der Waals surface area contributed by atoms with Crippen LogP contribution in [0.25, 0.3) is 0 Å². The first kappa shape index (κ1) is 14.2. The van der Waals surface area contributed by atoms with E-state index in [9.17, 15) is 18.0 Å². The van der Waals surface area contributed by atoms with Crippen molar-refractivity contribution < 1.29 is 18.0 Å². The number of rotatable bonds is 2. The molecule has 0 spiro atoms. The van der Waals surface area contributed by atoms with Gasteiger partial charge in [-0.1, -0.05) is 17.7 Å². The van der Waals surface area contributed by atoms with Gasteiger partial charge >= 0.3 is 0 Å². The number of nitrogens with two attached hydrogens (primary N) is 1. The van der Waals surface area contributed by atoms with E-state index in [4.69, 9.17) is 17.3 Å². The fraction of sp³-hybridized carbons (Fsp3) is 0. The monoisotopic (exact) mass is 300 g/mol. The molecule has 0 heterocycles. The Morgan fingerprint density at radius 1 is 1.10 bits per heavy atom. The molecule has 0 fully saturated rings. The summed E-state index contributed by atoms with van der Waals surface area (Å²) in [6, 6.07) is 5.52. The van der Waals surface area contributed by atoms with Crippen molar-refractivity contribution in [1.82, 2.24) is 0 Å². The van der Waals surface area contributed by atoms with Crippen LogP contribution in [0.5, 0.6) is 0 Å². The summed E-state index contributed by atoms with van der Waals surface area (Å²) in [5.41, 5.74) is 4.22. The molecule has 2 aromatic carbocycles. The van der Waals surface area contributed by atoms with Gasteiger partial charge in [-0.05, 0) is 24.3 Å². The van der Waals surface area contributed by atoms with Gasteiger partial charge in [-0.25, -0.2) is 13.2 Å². The molecule has 0 saturated carbocycles. The Hall–Kier alpha value is -2.21. The van der Waals surface area contributed by atoms with Gasteiger partial charge in [-0.3, -0.25) is 4.79 Å². The van der Waals surface area contributed by atoms with Crippen molar-refractivity contribution in [3.8, 4) is 0 Å². The molecule has 3 N–H and O–H groups in total. The highest BCUT2D eigenvalue weighted by Gasteiger charge is 2.20. The molecule has 2 aromatic rings. The minimum absolute atomic E-state index is 0.155. The molecule has 7 heteroatoms. The highest BCUT2D eigenvalue weighted by Crippen LogP contribution is 2.27. The molecule has 0 aliphatic rings. The second-order valence-electron chi connectivity index (χ2n) is 3.88. The summed E-state index contributed by atoms with van der Waals surface area (Å²) in [6.07, 6.45) is 0. The van der Waals surface area contributed by atoms with E-state index in [1.807, 2.05) is 5.32 Å². The van der Waals surface area contributed by atoms with E-state index in [0.29, 0.717) is 0 Å². The third-order valence-corrected chi connectivity index (χ3v) is 2.87. The van der Waals surface area contributed by atoms with Gasteiger partial charge in [0, 0.05) is 0 Å². The predicted molar refractivity (Wildman–Crippen MR) is 70.1 cm³/mol. The summed E-state index contributed by atoms with van der Waals surface area (Å²) < 4.78 is 40.2. The molecule has 0 atom stereocenters. The second kappa shape index (κ2) is 5.42. The van der Waals surface area contributed by atoms with Gasteiger partial charge in [0.2, 0.25) is 0 Å². The number of hydrogen-bond acceptors (Lipinski definition) is 2. The number of nitrogens with one attached hydrogen (secondary N) is 1. The molecule has 0 aliphatic carbocycles. The lowest BCUT2D eigenvalue weighted by Crippen LogP contribution is -2.17. The molecule has 0 bridgehead atoms. The highest BCUT2D eigenvalue weighted by atomic mass is 35.5. The fourth-order valence-electron chi connectivity index (χ4n) is 1.58. The normalized spacial score (nSPS) is 10.4. The number of amides is 1. The van der Waals surface area contributed by atoms with Crippen LogP contribution in [0.15, 0.2) is 30.3 Å². The third-order valence-electron chi connectivity index (χ3n) is 2.56. The molecule has 0 aliphatic heterocycles. The van der Waals surface area contributed by atoms with Crippen molar-refractivity contribution in [2.75, 3.05) is 11.1 Å². The minimum Gasteiger partial charge on any atom is -0.397 e. The molecule has 1 amide bonds. The summed E-state index contributed by atoms with van der Waals surface area (Å²) in [4.78, 5) is 11.9. The van der Waals surface area contributed by atoms with Crippen LogP contribution in [0.3, 0.4) is 0 Å². The fourth-order valence-corrected chi connectivity index (χ4v) is 1.83. The number of halogens is 4. The van der Waals surface area contributed by atoms with Crippen LogP contribution < -0.4 is 11.1 Å². The van der Waals surface area contributed by atoms with Gasteiger partial charge in [0.15, 0.2) is 11.6 Å². The average molecular weight is 301 g/mol. The van der Waals surface area contributed by atoms with E-state index in [1.165, 1.54) is 12.1 Å². The maximum atomic E-state index is 13.5. The number of anilines is 2. The van der Waals surface area contributed by atoms with Gasteiger partial charge in [0.05, 0.1) is 16.3 Å². The summed E-state index contributed by atoms with van der Waals surface area (Å²) >= 11 is 5.70. The van der Waals surface area contributed by atoms with Gasteiger partial charge in [-0.2, -0.15) is 0 Å². The molecular weight excluding hydrogens is 293 g/mol. The van der Waals surface area contributed by atoms with Gasteiger partial charge < -0.3 is 11.1 Å². The topological polar surface area (TPSA) is 55.1 Å². The number of hydrogen-bond donors (Lipinski definition) is 2. The molecule has 104 valence electrons. The number of nitrogen functional groups attached to an aromatic ring is 1. The molecule has 3 nitrogen and oxygen atoms in total. The van der Waals surface area contributed by atoms with E-state index in [0.717, 1.165) is 18.2 Å². The Balaban J connectivity index is 2.41. The second-order valence-corrected chi connectivity index (χ2v) is 4.28. The predicted octanol–water partition coefficient (Wildman–Crippen LogP) is 3.59. The van der Waals surface area contributed by atoms with Crippen molar-refractivity contribution in [2.24, 2.45) is 0 Å². The van der Waals surface area contributed by atoms with Crippen LogP contribution in [0.1, 0.15) is 10.4 Å². The molecule has 2 rings (SSSR count). The van der Waals surface area contributed by atoms with Crippen LogP contribution >= 0.6 is 11.6 Å². The largest absolute Gasteiger partial charge is 0.397 e. The summed E-state index contributed by atoms with van der Waals surface area (Å²) in [5.74, 6) is -4.42. The van der Waals surface area contributed by atoms with E-state index >= 15 is 0 Å². The zero-order chi connectivity index (χ0) is 14.9. The van der Waals surface area contributed by atoms with Gasteiger partial charge in [0.1, 0.15) is 11.5 Å². The maximum absolute atomic E-state index is 13.5. The van der Waals surface area contributed by atoms with Crippen LogP contribution in [0, 0.1) is 17.5 Å². The van der Waals surface area contributed by atoms with E-state index < -0.39 is 34.6 Å². The first-order valence-corrected chi connectivity index (χ1v) is 5.78. The Kier molecular flexibility index (Phi) is 3.85. The maximum Gasteiger partial charge on any atom is 0.260 e. The Morgan fingerprint density at radius 3 is 2.45 bits per heavy atom. The molecule has 0 aromatic heterocycles. The summed E-state index contributed by atoms with van der Waals surface area (Å²) in [5, 5.41) is 1.86. The number of carbonyl (C=O) groups is 1. The lowest BCUT2D eigenvalue weighted by molar-refractivity contribution is 0.102. The highest BCUT2D eigenvalue weighted by molar-refractivity contribution is 6.34. The lowest BCUT2D eigenvalue weighted by Gasteiger charge is -2.11. The van der Waals surface area contributed by atoms with E-state index in [2.05, 4.69) is 0 Å². The zero-order valence-corrected chi connectivity index (χ0v) is 10.6. The average Bonchev–Trinajstić information content (AvgIpc) is 2.39. The summed E-state index contributed by atoms with van der Waals surface area (Å²) in [7, 11) is 0. The van der Waals surface area contributed by atoms with E-state index in [1.54, 1.807) is 0 Å². The van der Waals surface area contributed by atoms with Crippen LogP contribution in [-0.2, 0) is 0 Å². The Labute approximate surface area is 117 Å². The van der Waals surface area contributed by atoms with Crippen LogP contribution in [0.4, 0.5) is 24.5 Å². The SMILES string of the molecule is Nc1ccc(F)c(F)c1NC(=O)c1c(F)cccc1Cl. The first-order chi connectivity index (χ1) is 9.41. The van der Waals surface area contributed by atoms with Crippen molar-refractivity contribution in [3.63, 3.8) is 0 Å². The van der Waals surface area contributed by atoms with Crippen molar-refractivity contribution in [1.29, 1.82) is 0 Å². The Bertz CT molecular complexity index is 671. The quantitative estimate of drug-likeness (QED) is 0.833. The molecule has 0 radical (unpaired) electrons. The third kappa shape index (κ3) is 2.55. The van der Waals surface area contributed by atoms with Crippen LogP contribution in [-0.4, -0.2) is 5.91 Å². The molecule has 20 heavy (non-hydrogen) atoms. The lowest BCUT2D eigenvalue weighted by atomic mass is 10.1. The van der Waals surface area contributed by atoms with Crippen molar-refractivity contribution in [2.45, 2.75) is 0 Å². The van der Waals surface area contributed by atoms with Crippen LogP contribution in [0.2, 0.25) is 5.02 Å². The van der Waals surface area contributed by atoms with Gasteiger partial charge in [0.25, 0.3) is 5.91 Å². The standard InChI is InChI=1S/C13H8ClF3N2O/c14-6-2-1-3-7(15)10(6)13(20)19-12-9(18)5-4-8(16)11(12)17/h1-5H,18H2,(H,19,20). The Morgan fingerprint density at radius 2 is 1.80 bits per heavy atom. The first-order valence-electron chi connectivity index (χ1n) is 5.40. The van der Waals surface area contributed by atoms with Crippen molar-refractivity contribution >= 4 is 28.9 Å². The van der Waals surface area contributed by atoms with Gasteiger partial charge in [-0.15, -0.1) is 0 Å².